The molecular weight excluding hydrogens is 630 g/mol. The highest BCUT2D eigenvalue weighted by molar-refractivity contribution is 6.13. The van der Waals surface area contributed by atoms with E-state index in [1.54, 1.807) is 46.0 Å². The van der Waals surface area contributed by atoms with Gasteiger partial charge in [0.1, 0.15) is 17.2 Å². The molecule has 0 saturated heterocycles. The van der Waals surface area contributed by atoms with Gasteiger partial charge in [-0.15, -0.1) is 0 Å². The Bertz CT molecular complexity index is 1830. The van der Waals surface area contributed by atoms with Gasteiger partial charge in [-0.05, 0) is 82.9 Å². The second kappa shape index (κ2) is 16.0. The smallest absolute Gasteiger partial charge is 0.408 e. The summed E-state index contributed by atoms with van der Waals surface area (Å²) < 4.78 is 17.2. The summed E-state index contributed by atoms with van der Waals surface area (Å²) in [6, 6.07) is 14.4. The van der Waals surface area contributed by atoms with Crippen LogP contribution in [0, 0.1) is 6.92 Å². The number of amides is 3. The molecule has 0 unspecified atom stereocenters. The number of fused-ring (bicyclic) bond motifs is 1. The van der Waals surface area contributed by atoms with Gasteiger partial charge in [0.2, 0.25) is 6.41 Å². The largest absolute Gasteiger partial charge is 0.494 e. The molecule has 4 aromatic rings. The van der Waals surface area contributed by atoms with Crippen LogP contribution in [0.15, 0.2) is 48.5 Å². The van der Waals surface area contributed by atoms with Crippen LogP contribution in [0.4, 0.5) is 16.2 Å². The molecule has 0 bridgehead atoms. The number of imidazole rings is 1. The van der Waals surface area contributed by atoms with Crippen LogP contribution in [0.2, 0.25) is 0 Å². The molecule has 13 heteroatoms. The fourth-order valence-corrected chi connectivity index (χ4v) is 5.28. The summed E-state index contributed by atoms with van der Waals surface area (Å²) in [7, 11) is 3.07. The minimum Gasteiger partial charge on any atom is -0.494 e. The minimum absolute atomic E-state index is 0.104. The van der Waals surface area contributed by atoms with Crippen molar-refractivity contribution in [1.29, 1.82) is 0 Å². The van der Waals surface area contributed by atoms with E-state index in [0.29, 0.717) is 71.7 Å². The molecule has 0 fully saturated rings. The molecule has 0 saturated carbocycles. The van der Waals surface area contributed by atoms with Crippen LogP contribution in [0.1, 0.15) is 68.2 Å². The number of methoxy groups -OCH3 is 1. The second-order valence-electron chi connectivity index (χ2n) is 12.5. The van der Waals surface area contributed by atoms with Gasteiger partial charge in [0.15, 0.2) is 5.75 Å². The second-order valence-corrected chi connectivity index (χ2v) is 12.5. The quantitative estimate of drug-likeness (QED) is 0.0818. The molecule has 0 aliphatic heterocycles. The Morgan fingerprint density at radius 1 is 1.04 bits per heavy atom. The Labute approximate surface area is 285 Å². The summed E-state index contributed by atoms with van der Waals surface area (Å²) in [6.45, 7) is 7.72. The predicted octanol–water partition coefficient (Wildman–Crippen LogP) is 6.44. The number of unbranched alkanes of at least 4 members (excludes halogenated alkanes) is 2. The van der Waals surface area contributed by atoms with Crippen molar-refractivity contribution < 1.29 is 38.5 Å². The van der Waals surface area contributed by atoms with Crippen molar-refractivity contribution >= 4 is 46.8 Å². The van der Waals surface area contributed by atoms with Gasteiger partial charge in [-0.2, -0.15) is 0 Å². The van der Waals surface area contributed by atoms with Gasteiger partial charge < -0.3 is 39.8 Å². The highest BCUT2D eigenvalue weighted by Gasteiger charge is 2.26. The zero-order valence-electron chi connectivity index (χ0n) is 28.6. The first kappa shape index (κ1) is 36.2. The van der Waals surface area contributed by atoms with E-state index in [9.17, 15) is 19.2 Å². The number of hydrogen-bond acceptors (Lipinski definition) is 8. The molecule has 0 spiro atoms. The molecule has 1 aromatic heterocycles. The number of carbonyl (C=O) groups is 4. The number of carboxylic acid groups (broad SMARTS) is 1. The van der Waals surface area contributed by atoms with E-state index < -0.39 is 23.6 Å². The summed E-state index contributed by atoms with van der Waals surface area (Å²) >= 11 is 0. The number of H-pyrrole nitrogens is 1. The molecule has 1 heterocycles. The third-order valence-corrected chi connectivity index (χ3v) is 7.52. The molecule has 3 amide bonds. The van der Waals surface area contributed by atoms with Crippen LogP contribution in [-0.2, 0) is 20.9 Å². The van der Waals surface area contributed by atoms with E-state index in [2.05, 4.69) is 15.6 Å². The zero-order valence-corrected chi connectivity index (χ0v) is 28.6. The molecule has 13 nitrogen and oxygen atoms in total. The van der Waals surface area contributed by atoms with Crippen LogP contribution >= 0.6 is 0 Å². The zero-order chi connectivity index (χ0) is 35.7. The maximum absolute atomic E-state index is 14.0. The third-order valence-electron chi connectivity index (χ3n) is 7.52. The standard InChI is InChI=1S/C36H43N5O8/c1-22-14-17-27(28(19-22)48-18-9-7-8-13-30(43)44)41(5)34(45)25-16-15-24(33(47-6)32(25)38-21-42)23-11-10-12-26-31(23)40-29(39-26)20-37-35(46)49-36(2,3)4/h10-12,14-17,19,21H,7-9,13,18,20H2,1-6H3,(H,37,46)(H,38,42)(H,39,40)(H,43,44). The SMILES string of the molecule is COc1c(-c2cccc3[nH]c(CNC(=O)OC(C)(C)C)nc23)ccc(C(=O)N(C)c2ccc(C)cc2OCCCCCC(=O)O)c1NC=O. The number of carboxylic acids is 1. The van der Waals surface area contributed by atoms with Gasteiger partial charge in [-0.1, -0.05) is 18.2 Å². The van der Waals surface area contributed by atoms with E-state index in [1.807, 2.05) is 37.3 Å². The summed E-state index contributed by atoms with van der Waals surface area (Å²) in [5.74, 6) is 0.0232. The number of nitrogens with one attached hydrogen (secondary N) is 3. The molecule has 260 valence electrons. The van der Waals surface area contributed by atoms with E-state index >= 15 is 0 Å². The van der Waals surface area contributed by atoms with Crippen LogP contribution < -0.4 is 25.0 Å². The number of alkyl carbamates (subject to hydrolysis) is 1. The number of aromatic amines is 1. The van der Waals surface area contributed by atoms with Crippen LogP contribution in [-0.4, -0.2) is 65.8 Å². The number of carbonyl (C=O) groups excluding carboxylic acids is 3. The van der Waals surface area contributed by atoms with Crippen molar-refractivity contribution in [3.05, 3.63) is 65.5 Å². The molecule has 49 heavy (non-hydrogen) atoms. The molecule has 4 N–H and O–H groups in total. The number of benzene rings is 3. The van der Waals surface area contributed by atoms with E-state index in [0.717, 1.165) is 5.56 Å². The Hall–Kier alpha value is -5.59. The highest BCUT2D eigenvalue weighted by Crippen LogP contribution is 2.42. The molecule has 4 rings (SSSR count). The molecule has 3 aromatic carbocycles. The molecular formula is C36H43N5O8. The highest BCUT2D eigenvalue weighted by atomic mass is 16.6. The molecule has 0 radical (unpaired) electrons. The first-order chi connectivity index (χ1) is 23.3. The van der Waals surface area contributed by atoms with Crippen molar-refractivity contribution in [2.24, 2.45) is 0 Å². The van der Waals surface area contributed by atoms with Gasteiger partial charge in [0, 0.05) is 24.6 Å². The first-order valence-electron chi connectivity index (χ1n) is 15.9. The Kier molecular flexibility index (Phi) is 11.8. The topological polar surface area (TPSA) is 172 Å². The van der Waals surface area contributed by atoms with Gasteiger partial charge in [-0.3, -0.25) is 14.4 Å². The average molecular weight is 674 g/mol. The van der Waals surface area contributed by atoms with E-state index in [1.165, 1.54) is 12.0 Å². The van der Waals surface area contributed by atoms with Crippen molar-refractivity contribution in [2.45, 2.75) is 65.5 Å². The Balaban J connectivity index is 1.63. The normalized spacial score (nSPS) is 11.1. The summed E-state index contributed by atoms with van der Waals surface area (Å²) in [6.07, 6.45) is 1.95. The molecule has 0 aliphatic carbocycles. The fraction of sp³-hybridized carbons (Fsp3) is 0.361. The number of anilines is 2. The lowest BCUT2D eigenvalue weighted by atomic mass is 9.98. The number of nitrogens with zero attached hydrogens (tertiary/aromatic N) is 2. The summed E-state index contributed by atoms with van der Waals surface area (Å²) in [5.41, 5.74) is 3.75. The molecule has 0 atom stereocenters. The van der Waals surface area contributed by atoms with Gasteiger partial charge >= 0.3 is 12.1 Å². The number of aryl methyl sites for hydroxylation is 1. The third kappa shape index (κ3) is 9.28. The predicted molar refractivity (Wildman–Crippen MR) is 186 cm³/mol. The van der Waals surface area contributed by atoms with E-state index in [-0.39, 0.29) is 30.0 Å². The van der Waals surface area contributed by atoms with Gasteiger partial charge in [0.25, 0.3) is 5.91 Å². The van der Waals surface area contributed by atoms with E-state index in [4.69, 9.17) is 24.3 Å². The van der Waals surface area contributed by atoms with Gasteiger partial charge in [0.05, 0.1) is 48.2 Å². The average Bonchev–Trinajstić information content (AvgIpc) is 3.47. The Morgan fingerprint density at radius 3 is 2.51 bits per heavy atom. The lowest BCUT2D eigenvalue weighted by molar-refractivity contribution is -0.137. The number of aliphatic carboxylic acids is 1. The van der Waals surface area contributed by atoms with Crippen LogP contribution in [0.5, 0.6) is 11.5 Å². The van der Waals surface area contributed by atoms with Crippen LogP contribution in [0.25, 0.3) is 22.2 Å². The number of hydrogen-bond donors (Lipinski definition) is 4. The number of para-hydroxylation sites is 1. The number of rotatable bonds is 15. The van der Waals surface area contributed by atoms with Crippen molar-refractivity contribution in [2.75, 3.05) is 31.0 Å². The Morgan fingerprint density at radius 2 is 1.82 bits per heavy atom. The number of aromatic nitrogens is 2. The molecule has 0 aliphatic rings. The minimum atomic E-state index is -0.827. The summed E-state index contributed by atoms with van der Waals surface area (Å²) in [5, 5.41) is 14.2. The maximum atomic E-state index is 14.0. The van der Waals surface area contributed by atoms with Gasteiger partial charge in [-0.25, -0.2) is 9.78 Å². The van der Waals surface area contributed by atoms with Crippen molar-refractivity contribution in [3.63, 3.8) is 0 Å². The lowest BCUT2D eigenvalue weighted by Crippen LogP contribution is -2.32. The van der Waals surface area contributed by atoms with Crippen molar-refractivity contribution in [1.82, 2.24) is 15.3 Å². The lowest BCUT2D eigenvalue weighted by Gasteiger charge is -2.24. The van der Waals surface area contributed by atoms with Crippen molar-refractivity contribution in [3.8, 4) is 22.6 Å². The van der Waals surface area contributed by atoms with Crippen LogP contribution in [0.3, 0.4) is 0 Å². The summed E-state index contributed by atoms with van der Waals surface area (Å²) in [4.78, 5) is 58.3. The first-order valence-corrected chi connectivity index (χ1v) is 15.9. The monoisotopic (exact) mass is 673 g/mol. The maximum Gasteiger partial charge on any atom is 0.408 e. The number of ether oxygens (including phenoxy) is 3. The fourth-order valence-electron chi connectivity index (χ4n) is 5.28.